The van der Waals surface area contributed by atoms with E-state index in [4.69, 9.17) is 4.98 Å². The fraction of sp³-hybridized carbons (Fsp3) is 0.188. The largest absolute Gasteiger partial charge is 0.505 e. The van der Waals surface area contributed by atoms with E-state index in [2.05, 4.69) is 103 Å². The molecular formula is C32H30N4O. The van der Waals surface area contributed by atoms with E-state index in [0.29, 0.717) is 11.4 Å². The number of para-hydroxylation sites is 2. The first-order valence-corrected chi connectivity index (χ1v) is 12.8. The van der Waals surface area contributed by atoms with Crippen molar-refractivity contribution in [1.82, 2.24) is 9.97 Å². The minimum Gasteiger partial charge on any atom is -0.505 e. The van der Waals surface area contributed by atoms with Crippen LogP contribution >= 0.6 is 0 Å². The molecule has 1 aliphatic heterocycles. The van der Waals surface area contributed by atoms with E-state index in [1.54, 1.807) is 0 Å². The monoisotopic (exact) mass is 486 g/mol. The summed E-state index contributed by atoms with van der Waals surface area (Å²) >= 11 is 0. The Labute approximate surface area is 217 Å². The van der Waals surface area contributed by atoms with E-state index in [1.807, 2.05) is 24.4 Å². The van der Waals surface area contributed by atoms with Gasteiger partial charge in [0.25, 0.3) is 0 Å². The van der Waals surface area contributed by atoms with Crippen molar-refractivity contribution in [3.8, 4) is 17.0 Å². The molecule has 1 N–H and O–H groups in total. The number of phenolic OH excluding ortho intramolecular Hbond substituents is 1. The van der Waals surface area contributed by atoms with Crippen LogP contribution in [0.5, 0.6) is 5.75 Å². The van der Waals surface area contributed by atoms with Crippen molar-refractivity contribution in [2.24, 2.45) is 0 Å². The van der Waals surface area contributed by atoms with Crippen LogP contribution in [0.25, 0.3) is 22.2 Å². The van der Waals surface area contributed by atoms with Crippen LogP contribution in [0.3, 0.4) is 0 Å². The fourth-order valence-corrected chi connectivity index (χ4v) is 5.34. The molecule has 6 rings (SSSR count). The summed E-state index contributed by atoms with van der Waals surface area (Å²) in [6, 6.07) is 27.1. The number of fused-ring (bicyclic) bond motifs is 3. The zero-order valence-corrected chi connectivity index (χ0v) is 21.6. The van der Waals surface area contributed by atoms with Gasteiger partial charge in [0.15, 0.2) is 0 Å². The number of hydrogen-bond donors (Lipinski definition) is 1. The lowest BCUT2D eigenvalue weighted by Crippen LogP contribution is -2.24. The molecule has 5 nitrogen and oxygen atoms in total. The van der Waals surface area contributed by atoms with E-state index in [-0.39, 0.29) is 5.75 Å². The molecule has 2 aromatic heterocycles. The maximum Gasteiger partial charge on any atom is 0.145 e. The van der Waals surface area contributed by atoms with E-state index in [1.165, 1.54) is 5.56 Å². The molecule has 37 heavy (non-hydrogen) atoms. The molecule has 5 heteroatoms. The Morgan fingerprint density at radius 2 is 1.59 bits per heavy atom. The van der Waals surface area contributed by atoms with E-state index in [9.17, 15) is 5.11 Å². The van der Waals surface area contributed by atoms with Gasteiger partial charge in [-0.3, -0.25) is 4.90 Å². The molecule has 0 saturated heterocycles. The number of aromatic hydroxyl groups is 1. The molecule has 0 atom stereocenters. The Morgan fingerprint density at radius 3 is 2.32 bits per heavy atom. The van der Waals surface area contributed by atoms with Crippen molar-refractivity contribution in [2.75, 3.05) is 16.8 Å². The van der Waals surface area contributed by atoms with Gasteiger partial charge in [-0.05, 0) is 65.9 Å². The van der Waals surface area contributed by atoms with Gasteiger partial charge in [0.1, 0.15) is 17.1 Å². The first kappa shape index (κ1) is 23.0. The number of pyridine rings is 2. The normalized spacial score (nSPS) is 12.7. The van der Waals surface area contributed by atoms with Crippen molar-refractivity contribution < 1.29 is 5.11 Å². The summed E-state index contributed by atoms with van der Waals surface area (Å²) in [5.74, 6) is 1.48. The zero-order chi connectivity index (χ0) is 25.7. The van der Waals surface area contributed by atoms with Crippen LogP contribution < -0.4 is 9.80 Å². The summed E-state index contributed by atoms with van der Waals surface area (Å²) in [7, 11) is 2.10. The Balaban J connectivity index is 1.55. The summed E-state index contributed by atoms with van der Waals surface area (Å²) in [5, 5.41) is 12.1. The van der Waals surface area contributed by atoms with Gasteiger partial charge in [-0.15, -0.1) is 0 Å². The highest BCUT2D eigenvalue weighted by Gasteiger charge is 2.28. The molecule has 3 aromatic carbocycles. The average Bonchev–Trinajstić information content (AvgIpc) is 2.93. The third-order valence-corrected chi connectivity index (χ3v) is 7.30. The summed E-state index contributed by atoms with van der Waals surface area (Å²) < 4.78 is 0. The first-order chi connectivity index (χ1) is 18.0. The fourth-order valence-electron chi connectivity index (χ4n) is 5.34. The van der Waals surface area contributed by atoms with Crippen molar-refractivity contribution in [2.45, 2.75) is 33.1 Å². The molecule has 0 spiro atoms. The van der Waals surface area contributed by atoms with E-state index >= 15 is 0 Å². The SMILES string of the molecule is CCc1cc(C(C)C)c2ccc(-c3ccc4c(c3)N(c3ccccn3)c3ccccc3N4C)nc2c1O. The Bertz CT molecular complexity index is 1630. The Kier molecular flexibility index (Phi) is 5.56. The highest BCUT2D eigenvalue weighted by atomic mass is 16.3. The van der Waals surface area contributed by atoms with Gasteiger partial charge in [0.05, 0.1) is 28.4 Å². The molecule has 0 saturated carbocycles. The van der Waals surface area contributed by atoms with Crippen molar-refractivity contribution in [3.63, 3.8) is 0 Å². The average molecular weight is 487 g/mol. The van der Waals surface area contributed by atoms with Crippen molar-refractivity contribution in [1.29, 1.82) is 0 Å². The van der Waals surface area contributed by atoms with Crippen LogP contribution in [-0.4, -0.2) is 22.1 Å². The van der Waals surface area contributed by atoms with Gasteiger partial charge in [0, 0.05) is 24.2 Å². The predicted octanol–water partition coefficient (Wildman–Crippen LogP) is 8.24. The second-order valence-corrected chi connectivity index (χ2v) is 9.85. The molecule has 3 heterocycles. The number of aryl methyl sites for hydroxylation is 1. The van der Waals surface area contributed by atoms with Crippen LogP contribution in [0.1, 0.15) is 37.8 Å². The third-order valence-electron chi connectivity index (χ3n) is 7.30. The number of anilines is 5. The van der Waals surface area contributed by atoms with Gasteiger partial charge in [-0.2, -0.15) is 0 Å². The lowest BCUT2D eigenvalue weighted by atomic mass is 9.93. The number of nitrogens with zero attached hydrogens (tertiary/aromatic N) is 4. The molecular weight excluding hydrogens is 456 g/mol. The molecule has 0 amide bonds. The zero-order valence-electron chi connectivity index (χ0n) is 21.6. The van der Waals surface area contributed by atoms with Crippen molar-refractivity contribution >= 4 is 39.5 Å². The summed E-state index contributed by atoms with van der Waals surface area (Å²) in [6.07, 6.45) is 2.59. The molecule has 0 aliphatic carbocycles. The molecule has 184 valence electrons. The summed E-state index contributed by atoms with van der Waals surface area (Å²) in [5.41, 5.74) is 8.96. The number of hydrogen-bond acceptors (Lipinski definition) is 5. The second kappa shape index (κ2) is 8.93. The standard InChI is InChI=1S/C32H30N4O/c1-5-21-18-24(20(2)3)23-14-15-25(34-31(23)32(21)37)22-13-16-27-29(19-22)36(30-12-8-9-17-33-30)28-11-7-6-10-26(28)35(27)4/h6-20,37H,5H2,1-4H3. The van der Waals surface area contributed by atoms with Crippen molar-refractivity contribution in [3.05, 3.63) is 96.2 Å². The molecule has 0 unspecified atom stereocenters. The topological polar surface area (TPSA) is 52.5 Å². The number of phenols is 1. The minimum absolute atomic E-state index is 0.283. The number of benzene rings is 3. The molecule has 0 bridgehead atoms. The first-order valence-electron chi connectivity index (χ1n) is 12.8. The lowest BCUT2D eigenvalue weighted by Gasteiger charge is -2.38. The number of rotatable bonds is 4. The Hall–Kier alpha value is -4.38. The number of aromatic nitrogens is 2. The smallest absolute Gasteiger partial charge is 0.145 e. The van der Waals surface area contributed by atoms with Crippen LogP contribution in [0.15, 0.2) is 85.1 Å². The predicted molar refractivity (Wildman–Crippen MR) is 153 cm³/mol. The van der Waals surface area contributed by atoms with Gasteiger partial charge >= 0.3 is 0 Å². The van der Waals surface area contributed by atoms with Crippen LogP contribution in [0.2, 0.25) is 0 Å². The highest BCUT2D eigenvalue weighted by molar-refractivity contribution is 5.98. The quantitative estimate of drug-likeness (QED) is 0.277. The Morgan fingerprint density at radius 1 is 0.838 bits per heavy atom. The maximum absolute atomic E-state index is 11.1. The van der Waals surface area contributed by atoms with Gasteiger partial charge in [-0.25, -0.2) is 9.97 Å². The molecule has 0 fully saturated rings. The highest BCUT2D eigenvalue weighted by Crippen LogP contribution is 2.51. The molecule has 0 radical (unpaired) electrons. The van der Waals surface area contributed by atoms with Gasteiger partial charge in [0.2, 0.25) is 0 Å². The minimum atomic E-state index is 0.283. The lowest BCUT2D eigenvalue weighted by molar-refractivity contribution is 0.474. The van der Waals surface area contributed by atoms with Crippen LogP contribution in [-0.2, 0) is 6.42 Å². The van der Waals surface area contributed by atoms with Gasteiger partial charge in [-0.1, -0.05) is 57.2 Å². The summed E-state index contributed by atoms with van der Waals surface area (Å²) in [4.78, 5) is 14.1. The molecule has 5 aromatic rings. The third kappa shape index (κ3) is 3.70. The molecule has 1 aliphatic rings. The second-order valence-electron chi connectivity index (χ2n) is 9.85. The van der Waals surface area contributed by atoms with Crippen LogP contribution in [0.4, 0.5) is 28.6 Å². The maximum atomic E-state index is 11.1. The van der Waals surface area contributed by atoms with Gasteiger partial charge < -0.3 is 10.0 Å². The summed E-state index contributed by atoms with van der Waals surface area (Å²) in [6.45, 7) is 6.44. The van der Waals surface area contributed by atoms with E-state index in [0.717, 1.165) is 57.2 Å². The van der Waals surface area contributed by atoms with Crippen LogP contribution in [0, 0.1) is 0 Å². The van der Waals surface area contributed by atoms with E-state index < -0.39 is 0 Å².